The SMILES string of the molecule is CCCCCCCCC[C@H](CC(=O)O)C(=O)N1C(=O)OCC1Cc1ccccc1. The largest absolute Gasteiger partial charge is 0.481 e. The zero-order valence-corrected chi connectivity index (χ0v) is 17.3. The second-order valence-electron chi connectivity index (χ2n) is 7.83. The molecule has 29 heavy (non-hydrogen) atoms. The first-order valence-electron chi connectivity index (χ1n) is 10.8. The Hall–Kier alpha value is -2.37. The third-order valence-electron chi connectivity index (χ3n) is 5.44. The molecule has 6 nitrogen and oxygen atoms in total. The summed E-state index contributed by atoms with van der Waals surface area (Å²) < 4.78 is 5.13. The highest BCUT2D eigenvalue weighted by Gasteiger charge is 2.41. The Labute approximate surface area is 173 Å². The van der Waals surface area contributed by atoms with E-state index < -0.39 is 23.9 Å². The minimum Gasteiger partial charge on any atom is -0.481 e. The number of carbonyl (C=O) groups is 3. The molecule has 1 aliphatic rings. The molecule has 1 aromatic carbocycles. The highest BCUT2D eigenvalue weighted by molar-refractivity contribution is 5.96. The van der Waals surface area contributed by atoms with E-state index in [1.807, 2.05) is 30.3 Å². The van der Waals surface area contributed by atoms with Gasteiger partial charge in [0.05, 0.1) is 12.5 Å². The molecule has 0 saturated carbocycles. The third-order valence-corrected chi connectivity index (χ3v) is 5.44. The molecule has 2 amide bonds. The lowest BCUT2D eigenvalue weighted by atomic mass is 9.94. The minimum absolute atomic E-state index is 0.149. The Morgan fingerprint density at radius 3 is 2.41 bits per heavy atom. The van der Waals surface area contributed by atoms with E-state index >= 15 is 0 Å². The number of nitrogens with zero attached hydrogens (tertiary/aromatic N) is 1. The first-order valence-corrected chi connectivity index (χ1v) is 10.8. The number of imide groups is 1. The highest BCUT2D eigenvalue weighted by Crippen LogP contribution is 2.24. The number of unbranched alkanes of at least 4 members (excludes halogenated alkanes) is 6. The Balaban J connectivity index is 1.94. The Morgan fingerprint density at radius 1 is 1.10 bits per heavy atom. The molecule has 1 fully saturated rings. The van der Waals surface area contributed by atoms with E-state index in [0.29, 0.717) is 12.8 Å². The van der Waals surface area contributed by atoms with Crippen molar-refractivity contribution >= 4 is 18.0 Å². The summed E-state index contributed by atoms with van der Waals surface area (Å²) in [6.07, 6.45) is 7.77. The molecule has 2 atom stereocenters. The topological polar surface area (TPSA) is 83.9 Å². The first-order chi connectivity index (χ1) is 14.0. The normalized spacial score (nSPS) is 17.2. The number of amides is 2. The van der Waals surface area contributed by atoms with Crippen LogP contribution in [0.25, 0.3) is 0 Å². The average molecular weight is 404 g/mol. The highest BCUT2D eigenvalue weighted by atomic mass is 16.6. The summed E-state index contributed by atoms with van der Waals surface area (Å²) in [5, 5.41) is 9.26. The molecule has 0 aliphatic carbocycles. The van der Waals surface area contributed by atoms with Crippen molar-refractivity contribution in [1.29, 1.82) is 0 Å². The van der Waals surface area contributed by atoms with Crippen molar-refractivity contribution in [2.24, 2.45) is 5.92 Å². The summed E-state index contributed by atoms with van der Waals surface area (Å²) in [6, 6.07) is 9.23. The molecule has 0 spiro atoms. The van der Waals surface area contributed by atoms with E-state index in [-0.39, 0.29) is 19.1 Å². The quantitative estimate of drug-likeness (QED) is 0.478. The molecule has 1 saturated heterocycles. The number of hydrogen-bond donors (Lipinski definition) is 1. The van der Waals surface area contributed by atoms with Crippen LogP contribution >= 0.6 is 0 Å². The molecular weight excluding hydrogens is 370 g/mol. The van der Waals surface area contributed by atoms with Gasteiger partial charge in [-0.2, -0.15) is 0 Å². The van der Waals surface area contributed by atoms with Crippen LogP contribution in [0, 0.1) is 5.92 Å². The van der Waals surface area contributed by atoms with E-state index in [2.05, 4.69) is 6.92 Å². The summed E-state index contributed by atoms with van der Waals surface area (Å²) in [7, 11) is 0. The molecular formula is C23H33NO5. The molecule has 6 heteroatoms. The van der Waals surface area contributed by atoms with Crippen molar-refractivity contribution in [3.05, 3.63) is 35.9 Å². The van der Waals surface area contributed by atoms with Gasteiger partial charge >= 0.3 is 12.1 Å². The molecule has 1 aliphatic heterocycles. The summed E-state index contributed by atoms with van der Waals surface area (Å²) in [6.45, 7) is 2.33. The van der Waals surface area contributed by atoms with Gasteiger partial charge in [-0.25, -0.2) is 9.69 Å². The number of aliphatic carboxylic acids is 1. The molecule has 0 bridgehead atoms. The van der Waals surface area contributed by atoms with Gasteiger partial charge < -0.3 is 9.84 Å². The fraction of sp³-hybridized carbons (Fsp3) is 0.609. The summed E-state index contributed by atoms with van der Waals surface area (Å²) in [5.41, 5.74) is 1.01. The van der Waals surface area contributed by atoms with Crippen LogP contribution in [0.3, 0.4) is 0 Å². The minimum atomic E-state index is -1.02. The van der Waals surface area contributed by atoms with Crippen molar-refractivity contribution in [2.45, 2.75) is 77.2 Å². The fourth-order valence-corrected chi connectivity index (χ4v) is 3.84. The predicted octanol–water partition coefficient (Wildman–Crippen LogP) is 4.81. The lowest BCUT2D eigenvalue weighted by Crippen LogP contribution is -2.44. The first kappa shape index (κ1) is 22.9. The van der Waals surface area contributed by atoms with Gasteiger partial charge in [-0.15, -0.1) is 0 Å². The van der Waals surface area contributed by atoms with Crippen LogP contribution in [0.4, 0.5) is 4.79 Å². The third kappa shape index (κ3) is 7.52. The zero-order chi connectivity index (χ0) is 21.1. The maximum atomic E-state index is 13.1. The van der Waals surface area contributed by atoms with E-state index in [1.165, 1.54) is 25.7 Å². The number of carbonyl (C=O) groups excluding carboxylic acids is 2. The van der Waals surface area contributed by atoms with Gasteiger partial charge in [-0.05, 0) is 18.4 Å². The van der Waals surface area contributed by atoms with Crippen LogP contribution < -0.4 is 0 Å². The molecule has 1 heterocycles. The number of ether oxygens (including phenoxy) is 1. The monoisotopic (exact) mass is 403 g/mol. The Bertz CT molecular complexity index is 660. The smallest absolute Gasteiger partial charge is 0.416 e. The van der Waals surface area contributed by atoms with E-state index in [9.17, 15) is 19.5 Å². The van der Waals surface area contributed by atoms with E-state index in [0.717, 1.165) is 29.7 Å². The molecule has 1 unspecified atom stereocenters. The predicted molar refractivity (Wildman–Crippen MR) is 110 cm³/mol. The van der Waals surface area contributed by atoms with Crippen LogP contribution in [0.15, 0.2) is 30.3 Å². The van der Waals surface area contributed by atoms with Crippen molar-refractivity contribution < 1.29 is 24.2 Å². The summed E-state index contributed by atoms with van der Waals surface area (Å²) >= 11 is 0. The van der Waals surface area contributed by atoms with Crippen LogP contribution in [0.1, 0.15) is 70.3 Å². The van der Waals surface area contributed by atoms with Gasteiger partial charge in [-0.1, -0.05) is 82.2 Å². The Morgan fingerprint density at radius 2 is 1.76 bits per heavy atom. The summed E-state index contributed by atoms with van der Waals surface area (Å²) in [5.74, 6) is -2.12. The number of hydrogen-bond acceptors (Lipinski definition) is 4. The van der Waals surface area contributed by atoms with Crippen molar-refractivity contribution in [3.63, 3.8) is 0 Å². The van der Waals surface area contributed by atoms with Crippen LogP contribution in [-0.2, 0) is 20.7 Å². The van der Waals surface area contributed by atoms with E-state index in [1.54, 1.807) is 0 Å². The van der Waals surface area contributed by atoms with Gasteiger partial charge in [-0.3, -0.25) is 9.59 Å². The number of rotatable bonds is 13. The lowest BCUT2D eigenvalue weighted by Gasteiger charge is -2.24. The van der Waals surface area contributed by atoms with Gasteiger partial charge in [0, 0.05) is 5.92 Å². The Kier molecular flexibility index (Phi) is 9.68. The standard InChI is InChI=1S/C23H33NO5/c1-2-3-4-5-6-7-11-14-19(16-21(25)26)22(27)24-20(17-29-23(24)28)15-18-12-9-8-10-13-18/h8-10,12-13,19-20H,2-7,11,14-17H2,1H3,(H,25,26)/t19-,20?/m1/s1. The molecule has 0 radical (unpaired) electrons. The van der Waals surface area contributed by atoms with Crippen molar-refractivity contribution in [3.8, 4) is 0 Å². The number of cyclic esters (lactones) is 1. The van der Waals surface area contributed by atoms with Gasteiger partial charge in [0.1, 0.15) is 6.61 Å². The van der Waals surface area contributed by atoms with Crippen LogP contribution in [0.2, 0.25) is 0 Å². The fourth-order valence-electron chi connectivity index (χ4n) is 3.84. The molecule has 1 aromatic rings. The van der Waals surface area contributed by atoms with Gasteiger partial charge in [0.15, 0.2) is 0 Å². The lowest BCUT2D eigenvalue weighted by molar-refractivity contribution is -0.144. The maximum absolute atomic E-state index is 13.1. The zero-order valence-electron chi connectivity index (χ0n) is 17.3. The number of carboxylic acid groups (broad SMARTS) is 1. The average Bonchev–Trinajstić information content (AvgIpc) is 3.06. The van der Waals surface area contributed by atoms with Crippen LogP contribution in [0.5, 0.6) is 0 Å². The molecule has 2 rings (SSSR count). The number of carboxylic acids is 1. The van der Waals surface area contributed by atoms with Crippen LogP contribution in [-0.4, -0.2) is 40.6 Å². The molecule has 0 aromatic heterocycles. The van der Waals surface area contributed by atoms with Gasteiger partial charge in [0.25, 0.3) is 0 Å². The number of benzene rings is 1. The van der Waals surface area contributed by atoms with Gasteiger partial charge in [0.2, 0.25) is 5.91 Å². The van der Waals surface area contributed by atoms with E-state index in [4.69, 9.17) is 4.74 Å². The van der Waals surface area contributed by atoms with Crippen molar-refractivity contribution in [1.82, 2.24) is 4.90 Å². The molecule has 1 N–H and O–H groups in total. The van der Waals surface area contributed by atoms with Crippen molar-refractivity contribution in [2.75, 3.05) is 6.61 Å². The second-order valence-corrected chi connectivity index (χ2v) is 7.83. The summed E-state index contributed by atoms with van der Waals surface area (Å²) in [4.78, 5) is 37.7. The second kappa shape index (κ2) is 12.2. The molecule has 160 valence electrons. The maximum Gasteiger partial charge on any atom is 0.416 e.